The van der Waals surface area contributed by atoms with Gasteiger partial charge in [0.25, 0.3) is 0 Å². The SMILES string of the molecule is Oc1c(Cl)cc(Cl)cc1CN1CCCCC1. The normalized spacial score (nSPS) is 17.6. The molecule has 0 unspecified atom stereocenters. The van der Waals surface area contributed by atoms with Crippen molar-refractivity contribution < 1.29 is 5.11 Å². The molecule has 0 amide bonds. The number of halogens is 2. The van der Waals surface area contributed by atoms with E-state index in [1.54, 1.807) is 12.1 Å². The van der Waals surface area contributed by atoms with Crippen LogP contribution >= 0.6 is 23.2 Å². The van der Waals surface area contributed by atoms with Gasteiger partial charge in [0, 0.05) is 17.1 Å². The zero-order valence-electron chi connectivity index (χ0n) is 9.05. The van der Waals surface area contributed by atoms with Crippen molar-refractivity contribution in [2.24, 2.45) is 0 Å². The van der Waals surface area contributed by atoms with Crippen molar-refractivity contribution in [3.63, 3.8) is 0 Å². The van der Waals surface area contributed by atoms with Crippen LogP contribution in [0.1, 0.15) is 24.8 Å². The highest BCUT2D eigenvalue weighted by Crippen LogP contribution is 2.32. The first-order valence-electron chi connectivity index (χ1n) is 5.56. The molecule has 0 spiro atoms. The summed E-state index contributed by atoms with van der Waals surface area (Å²) in [6.45, 7) is 2.90. The van der Waals surface area contributed by atoms with E-state index in [2.05, 4.69) is 4.90 Å². The predicted molar refractivity (Wildman–Crippen MR) is 67.3 cm³/mol. The van der Waals surface area contributed by atoms with Gasteiger partial charge >= 0.3 is 0 Å². The van der Waals surface area contributed by atoms with Crippen molar-refractivity contribution in [3.05, 3.63) is 27.7 Å². The first-order valence-corrected chi connectivity index (χ1v) is 6.31. The lowest BCUT2D eigenvalue weighted by atomic mass is 10.1. The van der Waals surface area contributed by atoms with Crippen LogP contribution in [0.2, 0.25) is 10.0 Å². The summed E-state index contributed by atoms with van der Waals surface area (Å²) in [6, 6.07) is 3.36. The molecule has 0 atom stereocenters. The molecular weight excluding hydrogens is 245 g/mol. The van der Waals surface area contributed by atoms with E-state index in [0.717, 1.165) is 25.2 Å². The first kappa shape index (κ1) is 12.0. The second-order valence-corrected chi connectivity index (χ2v) is 5.08. The molecule has 88 valence electrons. The molecule has 0 bridgehead atoms. The van der Waals surface area contributed by atoms with E-state index < -0.39 is 0 Å². The molecule has 0 radical (unpaired) electrons. The van der Waals surface area contributed by atoms with Crippen molar-refractivity contribution in [1.82, 2.24) is 4.90 Å². The summed E-state index contributed by atoms with van der Waals surface area (Å²) in [5.74, 6) is 0.164. The lowest BCUT2D eigenvalue weighted by Gasteiger charge is -2.26. The first-order chi connectivity index (χ1) is 7.66. The zero-order valence-corrected chi connectivity index (χ0v) is 10.6. The Hall–Kier alpha value is -0.440. The Labute approximate surface area is 106 Å². The van der Waals surface area contributed by atoms with E-state index in [0.29, 0.717) is 10.0 Å². The quantitative estimate of drug-likeness (QED) is 0.876. The summed E-state index contributed by atoms with van der Waals surface area (Å²) in [6.07, 6.45) is 3.77. The van der Waals surface area contributed by atoms with E-state index in [-0.39, 0.29) is 5.75 Å². The molecule has 16 heavy (non-hydrogen) atoms. The maximum absolute atomic E-state index is 9.84. The van der Waals surface area contributed by atoms with Crippen LogP contribution < -0.4 is 0 Å². The van der Waals surface area contributed by atoms with Crippen LogP contribution in [0.15, 0.2) is 12.1 Å². The predicted octanol–water partition coefficient (Wildman–Crippen LogP) is 3.68. The average molecular weight is 260 g/mol. The molecule has 1 aromatic carbocycles. The molecule has 1 aliphatic heterocycles. The van der Waals surface area contributed by atoms with Crippen molar-refractivity contribution in [2.45, 2.75) is 25.8 Å². The molecule has 1 aliphatic rings. The van der Waals surface area contributed by atoms with Gasteiger partial charge in [-0.1, -0.05) is 29.6 Å². The standard InChI is InChI=1S/C12H15Cl2NO/c13-10-6-9(12(16)11(14)7-10)8-15-4-2-1-3-5-15/h6-7,16H,1-5,8H2. The molecule has 0 saturated carbocycles. The van der Waals surface area contributed by atoms with E-state index in [9.17, 15) is 5.11 Å². The Balaban J connectivity index is 2.13. The van der Waals surface area contributed by atoms with E-state index in [1.807, 2.05) is 0 Å². The van der Waals surface area contributed by atoms with Gasteiger partial charge in [0.05, 0.1) is 5.02 Å². The van der Waals surface area contributed by atoms with Crippen molar-refractivity contribution in [1.29, 1.82) is 0 Å². The van der Waals surface area contributed by atoms with Gasteiger partial charge in [-0.25, -0.2) is 0 Å². The number of hydrogen-bond acceptors (Lipinski definition) is 2. The molecule has 2 nitrogen and oxygen atoms in total. The lowest BCUT2D eigenvalue weighted by molar-refractivity contribution is 0.218. The molecule has 4 heteroatoms. The minimum atomic E-state index is 0.164. The van der Waals surface area contributed by atoms with Crippen LogP contribution in [0.3, 0.4) is 0 Å². The van der Waals surface area contributed by atoms with Gasteiger partial charge in [0.15, 0.2) is 0 Å². The van der Waals surface area contributed by atoms with Gasteiger partial charge in [-0.2, -0.15) is 0 Å². The Morgan fingerprint density at radius 1 is 1.12 bits per heavy atom. The lowest BCUT2D eigenvalue weighted by Crippen LogP contribution is -2.29. The molecular formula is C12H15Cl2NO. The second kappa shape index (κ2) is 5.26. The van der Waals surface area contributed by atoms with Gasteiger partial charge in [0.2, 0.25) is 0 Å². The second-order valence-electron chi connectivity index (χ2n) is 4.23. The Kier molecular flexibility index (Phi) is 3.95. The van der Waals surface area contributed by atoms with Gasteiger partial charge in [-0.3, -0.25) is 4.90 Å². The minimum absolute atomic E-state index is 0.164. The summed E-state index contributed by atoms with van der Waals surface area (Å²) in [7, 11) is 0. The average Bonchev–Trinajstić information content (AvgIpc) is 2.27. The highest BCUT2D eigenvalue weighted by Gasteiger charge is 2.14. The summed E-state index contributed by atoms with van der Waals surface area (Å²) in [5, 5.41) is 10.7. The fourth-order valence-electron chi connectivity index (χ4n) is 2.10. The van der Waals surface area contributed by atoms with Crippen molar-refractivity contribution in [3.8, 4) is 5.75 Å². The number of phenolic OH excluding ortho intramolecular Hbond substituents is 1. The zero-order chi connectivity index (χ0) is 11.5. The molecule has 1 N–H and O–H groups in total. The highest BCUT2D eigenvalue weighted by molar-refractivity contribution is 6.35. The van der Waals surface area contributed by atoms with Gasteiger partial charge < -0.3 is 5.11 Å². The topological polar surface area (TPSA) is 23.5 Å². The monoisotopic (exact) mass is 259 g/mol. The maximum atomic E-state index is 9.84. The van der Waals surface area contributed by atoms with Crippen LogP contribution in [0.5, 0.6) is 5.75 Å². The summed E-state index contributed by atoms with van der Waals surface area (Å²) in [5.41, 5.74) is 0.819. The summed E-state index contributed by atoms with van der Waals surface area (Å²) < 4.78 is 0. The number of likely N-dealkylation sites (tertiary alicyclic amines) is 1. The fraction of sp³-hybridized carbons (Fsp3) is 0.500. The van der Waals surface area contributed by atoms with Crippen LogP contribution in [0, 0.1) is 0 Å². The number of piperidine rings is 1. The van der Waals surface area contributed by atoms with Crippen LogP contribution in [-0.2, 0) is 6.54 Å². The number of phenols is 1. The number of aromatic hydroxyl groups is 1. The van der Waals surface area contributed by atoms with Crippen LogP contribution in [-0.4, -0.2) is 23.1 Å². The fourth-order valence-corrected chi connectivity index (χ4v) is 2.63. The third-order valence-corrected chi connectivity index (χ3v) is 3.46. The molecule has 1 heterocycles. The van der Waals surface area contributed by atoms with Crippen molar-refractivity contribution in [2.75, 3.05) is 13.1 Å². The third-order valence-electron chi connectivity index (χ3n) is 2.95. The summed E-state index contributed by atoms with van der Waals surface area (Å²) in [4.78, 5) is 2.32. The highest BCUT2D eigenvalue weighted by atomic mass is 35.5. The van der Waals surface area contributed by atoms with E-state index in [1.165, 1.54) is 19.3 Å². The summed E-state index contributed by atoms with van der Waals surface area (Å²) >= 11 is 11.8. The largest absolute Gasteiger partial charge is 0.506 e. The van der Waals surface area contributed by atoms with Crippen molar-refractivity contribution >= 4 is 23.2 Å². The number of rotatable bonds is 2. The van der Waals surface area contributed by atoms with E-state index >= 15 is 0 Å². The number of benzene rings is 1. The van der Waals surface area contributed by atoms with Gasteiger partial charge in [0.1, 0.15) is 5.75 Å². The molecule has 2 rings (SSSR count). The van der Waals surface area contributed by atoms with Crippen LogP contribution in [0.4, 0.5) is 0 Å². The third kappa shape index (κ3) is 2.82. The van der Waals surface area contributed by atoms with Gasteiger partial charge in [-0.05, 0) is 38.1 Å². The van der Waals surface area contributed by atoms with Crippen LogP contribution in [0.25, 0.3) is 0 Å². The molecule has 1 fully saturated rings. The smallest absolute Gasteiger partial charge is 0.138 e. The Morgan fingerprint density at radius 2 is 1.81 bits per heavy atom. The minimum Gasteiger partial charge on any atom is -0.506 e. The molecule has 1 aromatic rings. The molecule has 0 aliphatic carbocycles. The van der Waals surface area contributed by atoms with E-state index in [4.69, 9.17) is 23.2 Å². The number of nitrogens with zero attached hydrogens (tertiary/aromatic N) is 1. The molecule has 1 saturated heterocycles. The van der Waals surface area contributed by atoms with Gasteiger partial charge in [-0.15, -0.1) is 0 Å². The Bertz CT molecular complexity index is 376. The Morgan fingerprint density at radius 3 is 2.50 bits per heavy atom. The number of hydrogen-bond donors (Lipinski definition) is 1. The maximum Gasteiger partial charge on any atom is 0.138 e. The molecule has 0 aromatic heterocycles.